The van der Waals surface area contributed by atoms with Crippen LogP contribution in [0, 0.1) is 0 Å². The predicted octanol–water partition coefficient (Wildman–Crippen LogP) is 1.43. The second-order valence-corrected chi connectivity index (χ2v) is 3.28. The summed E-state index contributed by atoms with van der Waals surface area (Å²) in [6.07, 6.45) is 1.35. The van der Waals surface area contributed by atoms with Gasteiger partial charge in [0, 0.05) is 0 Å². The highest BCUT2D eigenvalue weighted by atomic mass is 16.6. The summed E-state index contributed by atoms with van der Waals surface area (Å²) in [6, 6.07) is 7.14. The van der Waals surface area contributed by atoms with Crippen LogP contribution >= 0.6 is 0 Å². The van der Waals surface area contributed by atoms with Crippen molar-refractivity contribution in [2.24, 2.45) is 0 Å². The quantitative estimate of drug-likeness (QED) is 0.807. The van der Waals surface area contributed by atoms with Gasteiger partial charge < -0.3 is 4.74 Å². The zero-order chi connectivity index (χ0) is 13.0. The number of imide groups is 1. The first-order chi connectivity index (χ1) is 8.69. The fourth-order valence-corrected chi connectivity index (χ4v) is 1.26. The van der Waals surface area contributed by atoms with Crippen molar-refractivity contribution in [2.45, 2.75) is 0 Å². The van der Waals surface area contributed by atoms with E-state index in [0.717, 1.165) is 6.08 Å². The van der Waals surface area contributed by atoms with Crippen LogP contribution < -0.4 is 10.1 Å². The Labute approximate surface area is 102 Å². The molecule has 18 heavy (non-hydrogen) atoms. The predicted molar refractivity (Wildman–Crippen MR) is 63.9 cm³/mol. The first-order valence-electron chi connectivity index (χ1n) is 5.06. The minimum atomic E-state index is -0.926. The van der Waals surface area contributed by atoms with Crippen molar-refractivity contribution in [2.75, 3.05) is 0 Å². The Morgan fingerprint density at radius 1 is 1.28 bits per heavy atom. The lowest BCUT2D eigenvalue weighted by Crippen LogP contribution is -2.31. The summed E-state index contributed by atoms with van der Waals surface area (Å²) in [4.78, 5) is 30.2. The Bertz CT molecular complexity index is 625. The third-order valence-corrected chi connectivity index (χ3v) is 2.03. The van der Waals surface area contributed by atoms with Gasteiger partial charge in [0.25, 0.3) is 5.91 Å². The molecule has 1 aromatic heterocycles. The summed E-state index contributed by atoms with van der Waals surface area (Å²) in [7, 11) is 0. The van der Waals surface area contributed by atoms with E-state index in [9.17, 15) is 9.59 Å². The molecule has 2 amide bonds. The maximum Gasteiger partial charge on any atom is 0.420 e. The molecule has 1 heterocycles. The first kappa shape index (κ1) is 11.7. The van der Waals surface area contributed by atoms with E-state index < -0.39 is 12.0 Å². The molecule has 0 aliphatic carbocycles. The summed E-state index contributed by atoms with van der Waals surface area (Å²) in [5, 5.41) is 1.94. The molecule has 0 atom stereocenters. The molecule has 90 valence electrons. The van der Waals surface area contributed by atoms with E-state index in [1.54, 1.807) is 18.2 Å². The minimum Gasteiger partial charge on any atom is -0.389 e. The summed E-state index contributed by atoms with van der Waals surface area (Å²) in [6.45, 7) is 3.21. The summed E-state index contributed by atoms with van der Waals surface area (Å²) < 4.78 is 4.80. The van der Waals surface area contributed by atoms with Crippen LogP contribution in [-0.2, 0) is 4.79 Å². The molecule has 6 nitrogen and oxygen atoms in total. The van der Waals surface area contributed by atoms with Crippen LogP contribution in [0.3, 0.4) is 0 Å². The van der Waals surface area contributed by atoms with Crippen molar-refractivity contribution in [1.29, 1.82) is 0 Å². The number of carbonyl (C=O) groups is 2. The molecule has 0 spiro atoms. The van der Waals surface area contributed by atoms with E-state index in [2.05, 4.69) is 16.5 Å². The van der Waals surface area contributed by atoms with Crippen molar-refractivity contribution >= 4 is 23.0 Å². The number of nitrogens with zero attached hydrogens (tertiary/aromatic N) is 2. The fraction of sp³-hybridized carbons (Fsp3) is 0. The van der Waals surface area contributed by atoms with Gasteiger partial charge in [0.15, 0.2) is 0 Å². The van der Waals surface area contributed by atoms with Crippen molar-refractivity contribution in [3.8, 4) is 5.88 Å². The zero-order valence-corrected chi connectivity index (χ0v) is 9.29. The van der Waals surface area contributed by atoms with Crippen LogP contribution in [0.4, 0.5) is 4.79 Å². The molecule has 2 aromatic rings. The zero-order valence-electron chi connectivity index (χ0n) is 9.29. The molecular weight excluding hydrogens is 234 g/mol. The summed E-state index contributed by atoms with van der Waals surface area (Å²) in [5.41, 5.74) is 1.28. The van der Waals surface area contributed by atoms with Gasteiger partial charge in [-0.25, -0.2) is 14.8 Å². The second-order valence-electron chi connectivity index (χ2n) is 3.28. The molecule has 0 bridgehead atoms. The molecular formula is C12H9N3O3. The van der Waals surface area contributed by atoms with Gasteiger partial charge in [0.05, 0.1) is 17.2 Å². The van der Waals surface area contributed by atoms with E-state index in [-0.39, 0.29) is 5.88 Å². The lowest BCUT2D eigenvalue weighted by molar-refractivity contribution is -0.115. The number of amides is 2. The Morgan fingerprint density at radius 2 is 2.00 bits per heavy atom. The van der Waals surface area contributed by atoms with Crippen LogP contribution in [0.25, 0.3) is 11.0 Å². The van der Waals surface area contributed by atoms with Gasteiger partial charge in [-0.1, -0.05) is 18.7 Å². The SMILES string of the molecule is C=CC(=O)NC(=O)Oc1cnc2ccccc2n1. The van der Waals surface area contributed by atoms with Crippen molar-refractivity contribution < 1.29 is 14.3 Å². The molecule has 6 heteroatoms. The van der Waals surface area contributed by atoms with Crippen LogP contribution in [-0.4, -0.2) is 22.0 Å². The summed E-state index contributed by atoms with van der Waals surface area (Å²) in [5.74, 6) is -0.628. The number of benzene rings is 1. The normalized spacial score (nSPS) is 9.78. The molecule has 0 radical (unpaired) electrons. The maximum atomic E-state index is 11.2. The molecule has 1 N–H and O–H groups in total. The monoisotopic (exact) mass is 243 g/mol. The van der Waals surface area contributed by atoms with Gasteiger partial charge in [-0.15, -0.1) is 0 Å². The van der Waals surface area contributed by atoms with Gasteiger partial charge in [-0.05, 0) is 18.2 Å². The largest absolute Gasteiger partial charge is 0.420 e. The highest BCUT2D eigenvalue weighted by molar-refractivity contribution is 5.98. The van der Waals surface area contributed by atoms with Gasteiger partial charge in [-0.3, -0.25) is 10.1 Å². The summed E-state index contributed by atoms with van der Waals surface area (Å²) >= 11 is 0. The highest BCUT2D eigenvalue weighted by Crippen LogP contribution is 2.12. The van der Waals surface area contributed by atoms with Gasteiger partial charge >= 0.3 is 6.09 Å². The number of hydrogen-bond acceptors (Lipinski definition) is 5. The average Bonchev–Trinajstić information content (AvgIpc) is 2.38. The van der Waals surface area contributed by atoms with E-state index >= 15 is 0 Å². The van der Waals surface area contributed by atoms with Crippen LogP contribution in [0.1, 0.15) is 0 Å². The molecule has 0 saturated heterocycles. The van der Waals surface area contributed by atoms with Crippen LogP contribution in [0.2, 0.25) is 0 Å². The molecule has 2 rings (SSSR count). The topological polar surface area (TPSA) is 81.2 Å². The van der Waals surface area contributed by atoms with Crippen molar-refractivity contribution in [3.05, 3.63) is 43.1 Å². The second kappa shape index (κ2) is 5.05. The van der Waals surface area contributed by atoms with Gasteiger partial charge in [0.2, 0.25) is 5.88 Å². The van der Waals surface area contributed by atoms with Gasteiger partial charge in [0.1, 0.15) is 0 Å². The Kier molecular flexibility index (Phi) is 3.29. The Hall–Kier alpha value is -2.76. The maximum absolute atomic E-state index is 11.2. The number of aromatic nitrogens is 2. The molecule has 0 aliphatic rings. The highest BCUT2D eigenvalue weighted by Gasteiger charge is 2.08. The smallest absolute Gasteiger partial charge is 0.389 e. The molecule has 0 unspecified atom stereocenters. The number of fused-ring (bicyclic) bond motifs is 1. The van der Waals surface area contributed by atoms with E-state index in [1.807, 2.05) is 11.4 Å². The molecule has 0 fully saturated rings. The number of hydrogen-bond donors (Lipinski definition) is 1. The molecule has 0 aliphatic heterocycles. The standard InChI is InChI=1S/C12H9N3O3/c1-2-10(16)15-12(17)18-11-7-13-8-5-3-4-6-9(8)14-11/h2-7H,1H2,(H,15,16,17). The molecule has 1 aromatic carbocycles. The van der Waals surface area contributed by atoms with Crippen LogP contribution in [0.5, 0.6) is 5.88 Å². The minimum absolute atomic E-state index is 0.0167. The molecule has 0 saturated carbocycles. The van der Waals surface area contributed by atoms with Crippen molar-refractivity contribution in [3.63, 3.8) is 0 Å². The number of rotatable bonds is 2. The van der Waals surface area contributed by atoms with E-state index in [0.29, 0.717) is 11.0 Å². The van der Waals surface area contributed by atoms with Gasteiger partial charge in [-0.2, -0.15) is 0 Å². The number of ether oxygens (including phenoxy) is 1. The Balaban J connectivity index is 2.14. The lowest BCUT2D eigenvalue weighted by Gasteiger charge is -2.03. The van der Waals surface area contributed by atoms with Crippen LogP contribution in [0.15, 0.2) is 43.1 Å². The first-order valence-corrected chi connectivity index (χ1v) is 5.06. The third-order valence-electron chi connectivity index (χ3n) is 2.03. The van der Waals surface area contributed by atoms with E-state index in [4.69, 9.17) is 4.74 Å². The average molecular weight is 243 g/mol. The number of carbonyl (C=O) groups excluding carboxylic acids is 2. The Morgan fingerprint density at radius 3 is 2.72 bits per heavy atom. The number of para-hydroxylation sites is 2. The third kappa shape index (κ3) is 2.67. The fourth-order valence-electron chi connectivity index (χ4n) is 1.26. The number of nitrogens with one attached hydrogen (secondary N) is 1. The van der Waals surface area contributed by atoms with Crippen molar-refractivity contribution in [1.82, 2.24) is 15.3 Å². The van der Waals surface area contributed by atoms with E-state index in [1.165, 1.54) is 6.20 Å². The lowest BCUT2D eigenvalue weighted by atomic mass is 10.3.